The van der Waals surface area contributed by atoms with Crippen LogP contribution in [-0.2, 0) is 18.4 Å². The van der Waals surface area contributed by atoms with Crippen LogP contribution in [0.3, 0.4) is 0 Å². The average molecular weight is 493 g/mol. The summed E-state index contributed by atoms with van der Waals surface area (Å²) < 4.78 is 22.3. The fraction of sp³-hybridized carbons (Fsp3) is 0.875. The molecule has 0 rings (SSSR count). The maximum Gasteiger partial charge on any atom is 0.268 e. The van der Waals surface area contributed by atoms with Gasteiger partial charge in [0.2, 0.25) is 5.91 Å². The summed E-state index contributed by atoms with van der Waals surface area (Å²) in [6.45, 7) is 3.64. The SMILES string of the molecule is CCCCCCCCCCCC/C=C/C(O)C(COP(=O)([O-])OCC[N+](C)(C)C)NC(C)=O. The van der Waals surface area contributed by atoms with Crippen molar-refractivity contribution < 1.29 is 32.9 Å². The fourth-order valence-corrected chi connectivity index (χ4v) is 3.96. The molecule has 3 unspecified atom stereocenters. The van der Waals surface area contributed by atoms with Crippen molar-refractivity contribution in [2.24, 2.45) is 0 Å². The number of quaternary nitrogens is 1. The van der Waals surface area contributed by atoms with Crippen LogP contribution in [0.4, 0.5) is 0 Å². The molecule has 0 radical (unpaired) electrons. The van der Waals surface area contributed by atoms with E-state index in [1.807, 2.05) is 27.2 Å². The average Bonchev–Trinajstić information content (AvgIpc) is 2.70. The van der Waals surface area contributed by atoms with Crippen molar-refractivity contribution in [3.8, 4) is 0 Å². The van der Waals surface area contributed by atoms with E-state index in [-0.39, 0.29) is 12.5 Å². The van der Waals surface area contributed by atoms with E-state index in [1.54, 1.807) is 6.08 Å². The number of likely N-dealkylation sites (N-methyl/N-ethyl adjacent to an activating group) is 1. The second kappa shape index (κ2) is 18.6. The number of allylic oxidation sites excluding steroid dienone is 1. The standard InChI is InChI=1S/C24H49N2O6P/c1-6-7-8-9-10-11-12-13-14-15-16-17-18-24(28)23(25-22(2)27)21-32-33(29,30)31-20-19-26(3,4)5/h17-18,23-24,28H,6-16,19-21H2,1-5H3,(H-,25,27,29,30)/b18-17+. The molecule has 0 aliphatic rings. The van der Waals surface area contributed by atoms with Gasteiger partial charge in [-0.15, -0.1) is 0 Å². The van der Waals surface area contributed by atoms with Crippen LogP contribution in [-0.4, -0.2) is 68.5 Å². The lowest BCUT2D eigenvalue weighted by molar-refractivity contribution is -0.870. The number of hydrogen-bond acceptors (Lipinski definition) is 6. The van der Waals surface area contributed by atoms with Gasteiger partial charge in [-0.1, -0.05) is 76.9 Å². The van der Waals surface area contributed by atoms with Gasteiger partial charge >= 0.3 is 0 Å². The summed E-state index contributed by atoms with van der Waals surface area (Å²) in [6.07, 6.45) is 15.9. The first-order chi connectivity index (χ1) is 15.5. The van der Waals surface area contributed by atoms with Crippen LogP contribution in [0.2, 0.25) is 0 Å². The van der Waals surface area contributed by atoms with Gasteiger partial charge in [0.1, 0.15) is 13.2 Å². The van der Waals surface area contributed by atoms with Crippen molar-refractivity contribution in [3.05, 3.63) is 12.2 Å². The monoisotopic (exact) mass is 492 g/mol. The molecule has 2 N–H and O–H groups in total. The number of carbonyl (C=O) groups is 1. The lowest BCUT2D eigenvalue weighted by Gasteiger charge is -2.29. The molecule has 8 nitrogen and oxygen atoms in total. The van der Waals surface area contributed by atoms with Crippen LogP contribution in [0.1, 0.15) is 84.5 Å². The van der Waals surface area contributed by atoms with Crippen LogP contribution >= 0.6 is 7.82 Å². The Bertz CT molecular complexity index is 580. The lowest BCUT2D eigenvalue weighted by atomic mass is 10.1. The minimum atomic E-state index is -4.52. The third-order valence-electron chi connectivity index (χ3n) is 5.28. The maximum absolute atomic E-state index is 12.0. The first-order valence-electron chi connectivity index (χ1n) is 12.5. The largest absolute Gasteiger partial charge is 0.756 e. The number of amides is 1. The molecular weight excluding hydrogens is 443 g/mol. The molecule has 0 aromatic carbocycles. The first-order valence-corrected chi connectivity index (χ1v) is 14.0. The smallest absolute Gasteiger partial charge is 0.268 e. The molecule has 196 valence electrons. The van der Waals surface area contributed by atoms with E-state index in [4.69, 9.17) is 9.05 Å². The number of aliphatic hydroxyl groups excluding tert-OH is 1. The van der Waals surface area contributed by atoms with Gasteiger partial charge in [0.05, 0.1) is 39.9 Å². The second-order valence-electron chi connectivity index (χ2n) is 9.79. The van der Waals surface area contributed by atoms with E-state index in [0.29, 0.717) is 11.0 Å². The van der Waals surface area contributed by atoms with Crippen LogP contribution in [0.5, 0.6) is 0 Å². The third-order valence-corrected chi connectivity index (χ3v) is 6.25. The number of phosphoric acid groups is 1. The van der Waals surface area contributed by atoms with Crippen LogP contribution in [0, 0.1) is 0 Å². The van der Waals surface area contributed by atoms with Crippen molar-refractivity contribution in [3.63, 3.8) is 0 Å². The molecule has 9 heteroatoms. The molecule has 0 fully saturated rings. The van der Waals surface area contributed by atoms with Gasteiger partial charge in [-0.2, -0.15) is 0 Å². The zero-order valence-corrected chi connectivity index (χ0v) is 22.5. The Balaban J connectivity index is 4.21. The van der Waals surface area contributed by atoms with E-state index in [9.17, 15) is 19.4 Å². The van der Waals surface area contributed by atoms with Crippen LogP contribution < -0.4 is 10.2 Å². The minimum absolute atomic E-state index is 0.00358. The summed E-state index contributed by atoms with van der Waals surface area (Å²) in [4.78, 5) is 23.4. The first kappa shape index (κ1) is 32.2. The molecule has 0 heterocycles. The molecule has 0 bridgehead atoms. The summed E-state index contributed by atoms with van der Waals surface area (Å²) in [6, 6.07) is -0.879. The Kier molecular flexibility index (Phi) is 18.1. The number of carbonyl (C=O) groups excluding carboxylic acids is 1. The highest BCUT2D eigenvalue weighted by Crippen LogP contribution is 2.38. The molecule has 1 amide bonds. The topological polar surface area (TPSA) is 108 Å². The van der Waals surface area contributed by atoms with Gasteiger partial charge in [0.25, 0.3) is 7.82 Å². The number of unbranched alkanes of at least 4 members (excludes halogenated alkanes) is 10. The Morgan fingerprint density at radius 3 is 2.09 bits per heavy atom. The summed E-state index contributed by atoms with van der Waals surface area (Å²) in [7, 11) is 1.24. The van der Waals surface area contributed by atoms with E-state index in [0.717, 1.165) is 19.3 Å². The third kappa shape index (κ3) is 21.5. The molecule has 0 aromatic rings. The number of hydrogen-bond donors (Lipinski definition) is 2. The quantitative estimate of drug-likeness (QED) is 0.109. The van der Waals surface area contributed by atoms with Crippen molar-refractivity contribution in [1.29, 1.82) is 0 Å². The highest BCUT2D eigenvalue weighted by atomic mass is 31.2. The van der Waals surface area contributed by atoms with E-state index >= 15 is 0 Å². The van der Waals surface area contributed by atoms with Crippen molar-refractivity contribution in [2.45, 2.75) is 96.6 Å². The normalized spacial score (nSPS) is 16.0. The molecule has 0 aliphatic heterocycles. The molecule has 0 saturated heterocycles. The van der Waals surface area contributed by atoms with E-state index in [1.165, 1.54) is 58.3 Å². The highest BCUT2D eigenvalue weighted by molar-refractivity contribution is 7.45. The molecular formula is C24H49N2O6P. The Morgan fingerprint density at radius 2 is 1.58 bits per heavy atom. The van der Waals surface area contributed by atoms with Crippen LogP contribution in [0.15, 0.2) is 12.2 Å². The zero-order valence-electron chi connectivity index (χ0n) is 21.6. The molecule has 3 atom stereocenters. The van der Waals surface area contributed by atoms with Gasteiger partial charge in [-0.3, -0.25) is 9.36 Å². The number of nitrogens with zero attached hydrogens (tertiary/aromatic N) is 1. The van der Waals surface area contributed by atoms with E-state index in [2.05, 4.69) is 12.2 Å². The van der Waals surface area contributed by atoms with Gasteiger partial charge in [0.15, 0.2) is 0 Å². The maximum atomic E-state index is 12.0. The molecule has 0 spiro atoms. The number of rotatable bonds is 21. The summed E-state index contributed by atoms with van der Waals surface area (Å²) in [5.41, 5.74) is 0. The number of aliphatic hydroxyl groups is 1. The summed E-state index contributed by atoms with van der Waals surface area (Å²) in [5.74, 6) is -0.377. The van der Waals surface area contributed by atoms with Gasteiger partial charge < -0.3 is 28.8 Å². The summed E-state index contributed by atoms with van der Waals surface area (Å²) >= 11 is 0. The fourth-order valence-electron chi connectivity index (χ4n) is 3.24. The predicted molar refractivity (Wildman–Crippen MR) is 132 cm³/mol. The lowest BCUT2D eigenvalue weighted by Crippen LogP contribution is -2.45. The Hall–Kier alpha value is -0.760. The Morgan fingerprint density at radius 1 is 1.03 bits per heavy atom. The minimum Gasteiger partial charge on any atom is -0.756 e. The predicted octanol–water partition coefficient (Wildman–Crippen LogP) is 3.93. The van der Waals surface area contributed by atoms with Crippen molar-refractivity contribution >= 4 is 13.7 Å². The summed E-state index contributed by atoms with van der Waals surface area (Å²) in [5, 5.41) is 12.9. The highest BCUT2D eigenvalue weighted by Gasteiger charge is 2.22. The zero-order chi connectivity index (χ0) is 25.2. The second-order valence-corrected chi connectivity index (χ2v) is 11.2. The van der Waals surface area contributed by atoms with Crippen molar-refractivity contribution in [1.82, 2.24) is 5.32 Å². The molecule has 33 heavy (non-hydrogen) atoms. The van der Waals surface area contributed by atoms with Gasteiger partial charge in [0, 0.05) is 6.92 Å². The van der Waals surface area contributed by atoms with E-state index < -0.39 is 26.6 Å². The molecule has 0 saturated carbocycles. The van der Waals surface area contributed by atoms with Gasteiger partial charge in [-0.25, -0.2) is 0 Å². The van der Waals surface area contributed by atoms with Crippen LogP contribution in [0.25, 0.3) is 0 Å². The molecule has 0 aromatic heterocycles. The molecule has 0 aliphatic carbocycles. The number of phosphoric ester groups is 1. The van der Waals surface area contributed by atoms with Gasteiger partial charge in [-0.05, 0) is 12.8 Å². The number of nitrogens with one attached hydrogen (secondary N) is 1. The van der Waals surface area contributed by atoms with Crippen molar-refractivity contribution in [2.75, 3.05) is 40.9 Å². The Labute approximate surface area is 201 Å².